The fourth-order valence-electron chi connectivity index (χ4n) is 3.87. The minimum Gasteiger partial charge on any atom is -0.444 e. The Balaban J connectivity index is 1.58. The average Bonchev–Trinajstić information content (AvgIpc) is 3.16. The van der Waals surface area contributed by atoms with Crippen molar-refractivity contribution in [2.24, 2.45) is 0 Å². The number of carbonyl (C=O) groups is 3. The normalized spacial score (nSPS) is 20.0. The van der Waals surface area contributed by atoms with Gasteiger partial charge < -0.3 is 14.5 Å². The van der Waals surface area contributed by atoms with Crippen LogP contribution >= 0.6 is 0 Å². The van der Waals surface area contributed by atoms with Gasteiger partial charge in [-0.1, -0.05) is 0 Å². The second-order valence-corrected chi connectivity index (χ2v) is 8.75. The quantitative estimate of drug-likeness (QED) is 0.729. The molecule has 2 heterocycles. The van der Waals surface area contributed by atoms with E-state index in [0.29, 0.717) is 31.6 Å². The van der Waals surface area contributed by atoms with Crippen molar-refractivity contribution < 1.29 is 19.1 Å². The Bertz CT molecular complexity index is 761. The van der Waals surface area contributed by atoms with E-state index in [0.717, 1.165) is 25.2 Å². The summed E-state index contributed by atoms with van der Waals surface area (Å²) in [5.41, 5.74) is 1.18. The molecule has 0 bridgehead atoms. The van der Waals surface area contributed by atoms with Gasteiger partial charge in [0.2, 0.25) is 5.91 Å². The zero-order valence-electron chi connectivity index (χ0n) is 17.8. The van der Waals surface area contributed by atoms with Crippen molar-refractivity contribution in [1.29, 1.82) is 0 Å². The number of Topliss-reactive ketones (excluding diaryl/α,β-unsaturated/α-hetero) is 1. The van der Waals surface area contributed by atoms with Crippen LogP contribution in [-0.2, 0) is 9.53 Å². The van der Waals surface area contributed by atoms with Gasteiger partial charge in [-0.3, -0.25) is 14.5 Å². The van der Waals surface area contributed by atoms with E-state index in [-0.39, 0.29) is 11.7 Å². The number of hydrogen-bond donors (Lipinski definition) is 0. The molecule has 0 aliphatic carbocycles. The van der Waals surface area contributed by atoms with Crippen LogP contribution in [0.25, 0.3) is 0 Å². The third kappa shape index (κ3) is 5.08. The first kappa shape index (κ1) is 21.1. The van der Waals surface area contributed by atoms with Crippen LogP contribution in [0.2, 0.25) is 0 Å². The van der Waals surface area contributed by atoms with Gasteiger partial charge in [-0.15, -0.1) is 0 Å². The smallest absolute Gasteiger partial charge is 0.410 e. The van der Waals surface area contributed by atoms with Gasteiger partial charge in [0.25, 0.3) is 0 Å². The van der Waals surface area contributed by atoms with Crippen LogP contribution < -0.4 is 4.90 Å². The highest BCUT2D eigenvalue weighted by atomic mass is 16.6. The minimum atomic E-state index is -0.573. The molecule has 29 heavy (non-hydrogen) atoms. The highest BCUT2D eigenvalue weighted by Crippen LogP contribution is 2.24. The van der Waals surface area contributed by atoms with Crippen LogP contribution in [0, 0.1) is 0 Å². The van der Waals surface area contributed by atoms with Crippen molar-refractivity contribution in [2.45, 2.75) is 52.2 Å². The number of anilines is 1. The van der Waals surface area contributed by atoms with Gasteiger partial charge in [-0.05, 0) is 64.8 Å². The van der Waals surface area contributed by atoms with Crippen LogP contribution in [0.1, 0.15) is 50.9 Å². The summed E-state index contributed by atoms with van der Waals surface area (Å²) >= 11 is 0. The van der Waals surface area contributed by atoms with Crippen LogP contribution in [0.15, 0.2) is 24.3 Å². The molecule has 2 aliphatic heterocycles. The standard InChI is InChI=1S/C22H31N3O4/c1-16(26)17-7-9-18(10-8-17)23-12-14-24(15-13-23)20(27)19-6-5-11-25(19)21(28)29-22(2,3)4/h7-10,19H,5-6,11-15H2,1-4H3/t19-/m1/s1. The summed E-state index contributed by atoms with van der Waals surface area (Å²) in [5.74, 6) is 0.0676. The van der Waals surface area contributed by atoms with E-state index >= 15 is 0 Å². The van der Waals surface area contributed by atoms with Crippen molar-refractivity contribution in [3.8, 4) is 0 Å². The summed E-state index contributed by atoms with van der Waals surface area (Å²) in [6.45, 7) is 10.3. The molecule has 2 aliphatic rings. The summed E-state index contributed by atoms with van der Waals surface area (Å²) in [6.07, 6.45) is 1.10. The predicted octanol–water partition coefficient (Wildman–Crippen LogP) is 2.94. The van der Waals surface area contributed by atoms with E-state index in [2.05, 4.69) is 4.90 Å². The van der Waals surface area contributed by atoms with Crippen LogP contribution in [-0.4, -0.2) is 72.0 Å². The summed E-state index contributed by atoms with van der Waals surface area (Å²) in [7, 11) is 0. The maximum absolute atomic E-state index is 13.1. The van der Waals surface area contributed by atoms with E-state index in [4.69, 9.17) is 4.74 Å². The third-order valence-corrected chi connectivity index (χ3v) is 5.40. The summed E-state index contributed by atoms with van der Waals surface area (Å²) in [6, 6.07) is 7.16. The van der Waals surface area contributed by atoms with Gasteiger partial charge in [-0.2, -0.15) is 0 Å². The molecule has 0 spiro atoms. The lowest BCUT2D eigenvalue weighted by atomic mass is 10.1. The molecular weight excluding hydrogens is 370 g/mol. The molecule has 1 aromatic carbocycles. The van der Waals surface area contributed by atoms with Gasteiger partial charge in [0, 0.05) is 44.0 Å². The van der Waals surface area contributed by atoms with Gasteiger partial charge in [0.15, 0.2) is 5.78 Å². The lowest BCUT2D eigenvalue weighted by molar-refractivity contribution is -0.136. The number of piperazine rings is 1. The average molecular weight is 402 g/mol. The lowest BCUT2D eigenvalue weighted by Gasteiger charge is -2.38. The molecule has 7 nitrogen and oxygen atoms in total. The third-order valence-electron chi connectivity index (χ3n) is 5.40. The molecule has 0 radical (unpaired) electrons. The highest BCUT2D eigenvalue weighted by Gasteiger charge is 2.39. The van der Waals surface area contributed by atoms with E-state index in [1.807, 2.05) is 49.9 Å². The summed E-state index contributed by atoms with van der Waals surface area (Å²) in [5, 5.41) is 0. The Morgan fingerprint density at radius 3 is 2.14 bits per heavy atom. The molecule has 2 saturated heterocycles. The second kappa shape index (κ2) is 8.43. The first-order valence-corrected chi connectivity index (χ1v) is 10.3. The summed E-state index contributed by atoms with van der Waals surface area (Å²) in [4.78, 5) is 42.6. The molecule has 0 N–H and O–H groups in total. The van der Waals surface area contributed by atoms with Crippen LogP contribution in [0.4, 0.5) is 10.5 Å². The Hall–Kier alpha value is -2.57. The number of ketones is 1. The molecule has 158 valence electrons. The number of rotatable bonds is 3. The number of hydrogen-bond acceptors (Lipinski definition) is 5. The van der Waals surface area contributed by atoms with Crippen molar-refractivity contribution in [1.82, 2.24) is 9.80 Å². The van der Waals surface area contributed by atoms with E-state index in [1.54, 1.807) is 11.8 Å². The number of carbonyl (C=O) groups excluding carboxylic acids is 3. The molecule has 1 atom stereocenters. The Kier molecular flexibility index (Phi) is 6.15. The fraction of sp³-hybridized carbons (Fsp3) is 0.591. The molecule has 0 saturated carbocycles. The first-order valence-electron chi connectivity index (χ1n) is 10.3. The largest absolute Gasteiger partial charge is 0.444 e. The van der Waals surface area contributed by atoms with E-state index in [1.165, 1.54) is 0 Å². The Labute approximate surface area is 172 Å². The Morgan fingerprint density at radius 1 is 0.966 bits per heavy atom. The van der Waals surface area contributed by atoms with Gasteiger partial charge in [0.1, 0.15) is 11.6 Å². The first-order chi connectivity index (χ1) is 13.7. The molecule has 3 rings (SSSR count). The van der Waals surface area contributed by atoms with Gasteiger partial charge >= 0.3 is 6.09 Å². The lowest BCUT2D eigenvalue weighted by Crippen LogP contribution is -2.54. The second-order valence-electron chi connectivity index (χ2n) is 8.75. The summed E-state index contributed by atoms with van der Waals surface area (Å²) < 4.78 is 5.47. The monoisotopic (exact) mass is 401 g/mol. The number of nitrogens with zero attached hydrogens (tertiary/aromatic N) is 3. The number of amides is 2. The topological polar surface area (TPSA) is 70.2 Å². The van der Waals surface area contributed by atoms with Crippen molar-refractivity contribution in [3.63, 3.8) is 0 Å². The highest BCUT2D eigenvalue weighted by molar-refractivity contribution is 5.94. The zero-order chi connectivity index (χ0) is 21.2. The van der Waals surface area contributed by atoms with Gasteiger partial charge in [-0.25, -0.2) is 4.79 Å². The predicted molar refractivity (Wildman–Crippen MR) is 111 cm³/mol. The van der Waals surface area contributed by atoms with Crippen molar-refractivity contribution >= 4 is 23.5 Å². The van der Waals surface area contributed by atoms with Crippen molar-refractivity contribution in [3.05, 3.63) is 29.8 Å². The van der Waals surface area contributed by atoms with Crippen LogP contribution in [0.5, 0.6) is 0 Å². The van der Waals surface area contributed by atoms with Crippen molar-refractivity contribution in [2.75, 3.05) is 37.6 Å². The molecule has 2 amide bonds. The zero-order valence-corrected chi connectivity index (χ0v) is 17.8. The number of ether oxygens (including phenoxy) is 1. The Morgan fingerprint density at radius 2 is 1.59 bits per heavy atom. The van der Waals surface area contributed by atoms with Gasteiger partial charge in [0.05, 0.1) is 0 Å². The minimum absolute atomic E-state index is 0.0138. The molecule has 2 fully saturated rings. The fourth-order valence-corrected chi connectivity index (χ4v) is 3.87. The van der Waals surface area contributed by atoms with E-state index < -0.39 is 17.7 Å². The van der Waals surface area contributed by atoms with Crippen LogP contribution in [0.3, 0.4) is 0 Å². The molecule has 1 aromatic rings. The molecule has 0 unspecified atom stereocenters. The molecular formula is C22H31N3O4. The number of benzene rings is 1. The maximum atomic E-state index is 13.1. The SMILES string of the molecule is CC(=O)c1ccc(N2CCN(C(=O)[C@H]3CCCN3C(=O)OC(C)(C)C)CC2)cc1. The molecule has 7 heteroatoms. The molecule has 0 aromatic heterocycles. The van der Waals surface area contributed by atoms with E-state index in [9.17, 15) is 14.4 Å². The number of likely N-dealkylation sites (tertiary alicyclic amines) is 1. The maximum Gasteiger partial charge on any atom is 0.410 e.